The third-order valence-corrected chi connectivity index (χ3v) is 1.73. The van der Waals surface area contributed by atoms with Gasteiger partial charge in [-0.25, -0.2) is 0 Å². The quantitative estimate of drug-likeness (QED) is 0.762. The van der Waals surface area contributed by atoms with E-state index < -0.39 is 0 Å². The molecule has 0 aliphatic carbocycles. The number of hydrogen-bond donors (Lipinski definition) is 1. The van der Waals surface area contributed by atoms with Crippen LogP contribution in [0.3, 0.4) is 0 Å². The Morgan fingerprint density at radius 1 is 1.25 bits per heavy atom. The molecule has 1 nitrogen and oxygen atoms in total. The van der Waals surface area contributed by atoms with Crippen LogP contribution in [0.2, 0.25) is 5.02 Å². The number of hydrogen-bond acceptors (Lipinski definition) is 1. The van der Waals surface area contributed by atoms with Gasteiger partial charge in [0.2, 0.25) is 0 Å². The normalized spacial score (nSPS) is 10.8. The van der Waals surface area contributed by atoms with E-state index >= 15 is 0 Å². The van der Waals surface area contributed by atoms with Gasteiger partial charge >= 0.3 is 0 Å². The predicted molar refractivity (Wildman–Crippen MR) is 52.2 cm³/mol. The SMILES string of the molecule is OCC/C=C/c1ccc(Cl)cc1. The number of aliphatic hydroxyl groups excluding tert-OH is 1. The average Bonchev–Trinajstić information content (AvgIpc) is 2.09. The highest BCUT2D eigenvalue weighted by Gasteiger charge is 1.86. The van der Waals surface area contributed by atoms with Crippen molar-refractivity contribution in [2.75, 3.05) is 6.61 Å². The molecule has 0 atom stereocenters. The first kappa shape index (κ1) is 9.30. The summed E-state index contributed by atoms with van der Waals surface area (Å²) in [4.78, 5) is 0. The number of rotatable bonds is 3. The monoisotopic (exact) mass is 182 g/mol. The Kier molecular flexibility index (Phi) is 3.85. The number of aliphatic hydroxyl groups is 1. The molecule has 0 saturated carbocycles. The van der Waals surface area contributed by atoms with Crippen LogP contribution in [0.15, 0.2) is 30.3 Å². The summed E-state index contributed by atoms with van der Waals surface area (Å²) >= 11 is 5.71. The van der Waals surface area contributed by atoms with E-state index in [9.17, 15) is 0 Å². The number of benzene rings is 1. The van der Waals surface area contributed by atoms with E-state index in [4.69, 9.17) is 16.7 Å². The largest absolute Gasteiger partial charge is 0.396 e. The summed E-state index contributed by atoms with van der Waals surface area (Å²) in [6, 6.07) is 7.58. The lowest BCUT2D eigenvalue weighted by Crippen LogP contribution is -1.76. The molecule has 0 aliphatic heterocycles. The molecular formula is C10H11ClO. The maximum atomic E-state index is 8.52. The average molecular weight is 183 g/mol. The van der Waals surface area contributed by atoms with Gasteiger partial charge in [-0.15, -0.1) is 0 Å². The molecule has 0 amide bonds. The van der Waals surface area contributed by atoms with E-state index in [1.165, 1.54) is 0 Å². The zero-order chi connectivity index (χ0) is 8.81. The van der Waals surface area contributed by atoms with Gasteiger partial charge in [0.15, 0.2) is 0 Å². The first-order valence-corrected chi connectivity index (χ1v) is 4.23. The molecule has 0 bridgehead atoms. The molecule has 0 fully saturated rings. The van der Waals surface area contributed by atoms with E-state index in [1.54, 1.807) is 0 Å². The molecule has 64 valence electrons. The van der Waals surface area contributed by atoms with Gasteiger partial charge in [0.1, 0.15) is 0 Å². The Labute approximate surface area is 77.3 Å². The second kappa shape index (κ2) is 4.96. The van der Waals surface area contributed by atoms with Gasteiger partial charge in [-0.05, 0) is 24.1 Å². The summed E-state index contributed by atoms with van der Waals surface area (Å²) < 4.78 is 0. The van der Waals surface area contributed by atoms with Gasteiger partial charge in [0.05, 0.1) is 0 Å². The van der Waals surface area contributed by atoms with E-state index in [0.717, 1.165) is 10.6 Å². The minimum absolute atomic E-state index is 0.199. The Balaban J connectivity index is 2.58. The van der Waals surface area contributed by atoms with Crippen LogP contribution in [0.1, 0.15) is 12.0 Å². The van der Waals surface area contributed by atoms with Crippen molar-refractivity contribution in [3.8, 4) is 0 Å². The van der Waals surface area contributed by atoms with Gasteiger partial charge in [0.25, 0.3) is 0 Å². The molecule has 0 aliphatic rings. The van der Waals surface area contributed by atoms with Gasteiger partial charge in [-0.1, -0.05) is 35.9 Å². The van der Waals surface area contributed by atoms with Crippen molar-refractivity contribution < 1.29 is 5.11 Å². The van der Waals surface area contributed by atoms with Crippen molar-refractivity contribution in [1.29, 1.82) is 0 Å². The maximum Gasteiger partial charge on any atom is 0.0465 e. The third kappa shape index (κ3) is 3.07. The molecule has 0 saturated heterocycles. The van der Waals surface area contributed by atoms with Gasteiger partial charge in [0, 0.05) is 11.6 Å². The molecule has 1 aromatic carbocycles. The van der Waals surface area contributed by atoms with Gasteiger partial charge in [-0.3, -0.25) is 0 Å². The predicted octanol–water partition coefficient (Wildman–Crippen LogP) is 2.74. The zero-order valence-electron chi connectivity index (χ0n) is 6.70. The highest BCUT2D eigenvalue weighted by atomic mass is 35.5. The first-order chi connectivity index (χ1) is 5.83. The fourth-order valence-electron chi connectivity index (χ4n) is 0.868. The van der Waals surface area contributed by atoms with Gasteiger partial charge < -0.3 is 5.11 Å². The van der Waals surface area contributed by atoms with Crippen LogP contribution in [-0.4, -0.2) is 11.7 Å². The second-order valence-electron chi connectivity index (χ2n) is 2.47. The maximum absolute atomic E-state index is 8.52. The lowest BCUT2D eigenvalue weighted by Gasteiger charge is -1.92. The van der Waals surface area contributed by atoms with Crippen LogP contribution < -0.4 is 0 Å². The molecule has 1 rings (SSSR count). The highest BCUT2D eigenvalue weighted by molar-refractivity contribution is 6.30. The summed E-state index contributed by atoms with van der Waals surface area (Å²) in [5.74, 6) is 0. The fourth-order valence-corrected chi connectivity index (χ4v) is 0.994. The number of halogens is 1. The lowest BCUT2D eigenvalue weighted by atomic mass is 10.2. The van der Waals surface area contributed by atoms with Crippen LogP contribution >= 0.6 is 11.6 Å². The van der Waals surface area contributed by atoms with E-state index in [0.29, 0.717) is 6.42 Å². The first-order valence-electron chi connectivity index (χ1n) is 3.86. The van der Waals surface area contributed by atoms with Crippen molar-refractivity contribution in [2.24, 2.45) is 0 Å². The second-order valence-corrected chi connectivity index (χ2v) is 2.90. The van der Waals surface area contributed by atoms with E-state index in [-0.39, 0.29) is 6.61 Å². The topological polar surface area (TPSA) is 20.2 Å². The fraction of sp³-hybridized carbons (Fsp3) is 0.200. The van der Waals surface area contributed by atoms with Crippen LogP contribution in [-0.2, 0) is 0 Å². The molecule has 0 unspecified atom stereocenters. The molecule has 0 radical (unpaired) electrons. The Hall–Kier alpha value is -0.790. The van der Waals surface area contributed by atoms with Crippen molar-refractivity contribution in [2.45, 2.75) is 6.42 Å². The summed E-state index contributed by atoms with van der Waals surface area (Å²) in [6.07, 6.45) is 4.60. The van der Waals surface area contributed by atoms with Crippen molar-refractivity contribution >= 4 is 17.7 Å². The van der Waals surface area contributed by atoms with E-state index in [2.05, 4.69) is 0 Å². The summed E-state index contributed by atoms with van der Waals surface area (Å²) in [5, 5.41) is 9.26. The standard InChI is InChI=1S/C10H11ClO/c11-10-6-4-9(5-7-10)3-1-2-8-12/h1,3-7,12H,2,8H2/b3-1+. The van der Waals surface area contributed by atoms with Crippen LogP contribution in [0.5, 0.6) is 0 Å². The van der Waals surface area contributed by atoms with Crippen LogP contribution in [0, 0.1) is 0 Å². The Morgan fingerprint density at radius 3 is 2.50 bits per heavy atom. The van der Waals surface area contributed by atoms with Crippen molar-refractivity contribution in [3.05, 3.63) is 40.9 Å². The van der Waals surface area contributed by atoms with Gasteiger partial charge in [-0.2, -0.15) is 0 Å². The molecule has 0 heterocycles. The van der Waals surface area contributed by atoms with Crippen molar-refractivity contribution in [1.82, 2.24) is 0 Å². The molecule has 0 aromatic heterocycles. The molecule has 1 aromatic rings. The van der Waals surface area contributed by atoms with E-state index in [1.807, 2.05) is 36.4 Å². The molecule has 12 heavy (non-hydrogen) atoms. The summed E-state index contributed by atoms with van der Waals surface area (Å²) in [6.45, 7) is 0.199. The minimum Gasteiger partial charge on any atom is -0.396 e. The zero-order valence-corrected chi connectivity index (χ0v) is 7.46. The summed E-state index contributed by atoms with van der Waals surface area (Å²) in [5.41, 5.74) is 1.10. The van der Waals surface area contributed by atoms with Crippen LogP contribution in [0.25, 0.3) is 6.08 Å². The van der Waals surface area contributed by atoms with Crippen LogP contribution in [0.4, 0.5) is 0 Å². The Bertz CT molecular complexity index is 251. The smallest absolute Gasteiger partial charge is 0.0465 e. The highest BCUT2D eigenvalue weighted by Crippen LogP contribution is 2.10. The molecule has 2 heteroatoms. The summed E-state index contributed by atoms with van der Waals surface area (Å²) in [7, 11) is 0. The third-order valence-electron chi connectivity index (χ3n) is 1.48. The molecular weight excluding hydrogens is 172 g/mol. The Morgan fingerprint density at radius 2 is 1.92 bits per heavy atom. The minimum atomic E-state index is 0.199. The molecule has 1 N–H and O–H groups in total. The molecule has 0 spiro atoms. The lowest BCUT2D eigenvalue weighted by molar-refractivity contribution is 0.303. The van der Waals surface area contributed by atoms with Crippen molar-refractivity contribution in [3.63, 3.8) is 0 Å².